The van der Waals surface area contributed by atoms with E-state index in [9.17, 15) is 5.11 Å². The molecule has 0 spiro atoms. The quantitative estimate of drug-likeness (QED) is 0.880. The summed E-state index contributed by atoms with van der Waals surface area (Å²) >= 11 is 3.44. The molecule has 21 heavy (non-hydrogen) atoms. The number of hydrogen-bond donors (Lipinski definition) is 1. The van der Waals surface area contributed by atoms with Gasteiger partial charge in [0.25, 0.3) is 0 Å². The van der Waals surface area contributed by atoms with Crippen LogP contribution in [0.2, 0.25) is 0 Å². The van der Waals surface area contributed by atoms with Crippen LogP contribution >= 0.6 is 15.9 Å². The number of ether oxygens (including phenoxy) is 1. The van der Waals surface area contributed by atoms with Crippen molar-refractivity contribution in [3.05, 3.63) is 58.1 Å². The third-order valence-electron chi connectivity index (χ3n) is 3.43. The molecule has 3 nitrogen and oxygen atoms in total. The summed E-state index contributed by atoms with van der Waals surface area (Å²) in [6, 6.07) is 14.1. The monoisotopic (exact) mass is 349 g/mol. The van der Waals surface area contributed by atoms with Crippen LogP contribution in [0, 0.1) is 0 Å². The molecule has 0 amide bonds. The molecular weight excluding hydrogens is 330 g/mol. The Morgan fingerprint density at radius 2 is 1.86 bits per heavy atom. The van der Waals surface area contributed by atoms with Crippen LogP contribution in [0.15, 0.2) is 46.9 Å². The summed E-state index contributed by atoms with van der Waals surface area (Å²) in [5, 5.41) is 10.1. The van der Waals surface area contributed by atoms with E-state index >= 15 is 0 Å². The smallest absolute Gasteiger partial charge is 0.126 e. The van der Waals surface area contributed by atoms with Gasteiger partial charge in [0, 0.05) is 29.3 Å². The van der Waals surface area contributed by atoms with E-state index in [4.69, 9.17) is 4.74 Å². The van der Waals surface area contributed by atoms with E-state index in [0.717, 1.165) is 22.3 Å². The lowest BCUT2D eigenvalue weighted by molar-refractivity contribution is 0.194. The van der Waals surface area contributed by atoms with E-state index in [1.807, 2.05) is 37.4 Å². The van der Waals surface area contributed by atoms with Gasteiger partial charge < -0.3 is 14.7 Å². The van der Waals surface area contributed by atoms with Crippen LogP contribution in [0.25, 0.3) is 0 Å². The zero-order valence-electron chi connectivity index (χ0n) is 12.5. The van der Waals surface area contributed by atoms with E-state index in [1.165, 1.54) is 5.56 Å². The van der Waals surface area contributed by atoms with Crippen LogP contribution in [0.5, 0.6) is 5.75 Å². The number of hydrogen-bond acceptors (Lipinski definition) is 3. The third-order valence-corrected chi connectivity index (χ3v) is 3.95. The highest BCUT2D eigenvalue weighted by Gasteiger charge is 2.16. The summed E-state index contributed by atoms with van der Waals surface area (Å²) in [6.07, 6.45) is -0.580. The summed E-state index contributed by atoms with van der Waals surface area (Å²) in [4.78, 5) is 2.12. The second kappa shape index (κ2) is 6.96. The molecule has 2 aromatic carbocycles. The zero-order chi connectivity index (χ0) is 15.4. The van der Waals surface area contributed by atoms with Crippen LogP contribution in [0.1, 0.15) is 24.2 Å². The molecule has 4 heteroatoms. The number of aliphatic hydroxyl groups is 1. The fourth-order valence-electron chi connectivity index (χ4n) is 2.41. The largest absolute Gasteiger partial charge is 0.496 e. The zero-order valence-corrected chi connectivity index (χ0v) is 14.1. The second-order valence-electron chi connectivity index (χ2n) is 5.05. The van der Waals surface area contributed by atoms with Crippen molar-refractivity contribution in [1.82, 2.24) is 0 Å². The van der Waals surface area contributed by atoms with Gasteiger partial charge in [-0.15, -0.1) is 0 Å². The van der Waals surface area contributed by atoms with Crippen molar-refractivity contribution in [2.45, 2.75) is 19.6 Å². The Balaban J connectivity index is 2.30. The van der Waals surface area contributed by atoms with Crippen molar-refractivity contribution in [2.75, 3.05) is 19.1 Å². The molecule has 0 aromatic heterocycles. The maximum Gasteiger partial charge on any atom is 0.126 e. The summed E-state index contributed by atoms with van der Waals surface area (Å²) in [6.45, 7) is 2.52. The molecule has 1 atom stereocenters. The molecule has 0 aliphatic heterocycles. The van der Waals surface area contributed by atoms with Crippen LogP contribution < -0.4 is 9.64 Å². The first-order valence-electron chi connectivity index (χ1n) is 6.83. The Morgan fingerprint density at radius 3 is 2.43 bits per heavy atom. The molecule has 2 aromatic rings. The van der Waals surface area contributed by atoms with Gasteiger partial charge in [0.1, 0.15) is 5.75 Å². The number of nitrogens with zero attached hydrogens (tertiary/aromatic N) is 1. The molecule has 0 unspecified atom stereocenters. The van der Waals surface area contributed by atoms with Crippen molar-refractivity contribution in [1.29, 1.82) is 0 Å². The van der Waals surface area contributed by atoms with Gasteiger partial charge >= 0.3 is 0 Å². The van der Waals surface area contributed by atoms with E-state index in [2.05, 4.69) is 33.0 Å². The fourth-order valence-corrected chi connectivity index (χ4v) is 2.68. The molecule has 112 valence electrons. The number of rotatable bonds is 5. The van der Waals surface area contributed by atoms with Gasteiger partial charge in [-0.3, -0.25) is 0 Å². The van der Waals surface area contributed by atoms with Gasteiger partial charge in [0.2, 0.25) is 0 Å². The van der Waals surface area contributed by atoms with Gasteiger partial charge in [-0.1, -0.05) is 34.1 Å². The van der Waals surface area contributed by atoms with Crippen LogP contribution in [-0.2, 0) is 6.54 Å². The van der Waals surface area contributed by atoms with E-state index in [0.29, 0.717) is 5.75 Å². The van der Waals surface area contributed by atoms with Gasteiger partial charge in [-0.05, 0) is 36.8 Å². The predicted molar refractivity (Wildman–Crippen MR) is 89.9 cm³/mol. The Bertz CT molecular complexity index is 596. The van der Waals surface area contributed by atoms with Gasteiger partial charge in [0.15, 0.2) is 0 Å². The molecule has 0 aliphatic carbocycles. The van der Waals surface area contributed by atoms with Gasteiger partial charge in [0.05, 0.1) is 13.2 Å². The summed E-state index contributed by atoms with van der Waals surface area (Å²) in [7, 11) is 3.64. The lowest BCUT2D eigenvalue weighted by Crippen LogP contribution is -2.19. The van der Waals surface area contributed by atoms with Gasteiger partial charge in [-0.2, -0.15) is 0 Å². The fraction of sp³-hybridized carbons (Fsp3) is 0.294. The molecule has 0 saturated heterocycles. The van der Waals surface area contributed by atoms with Crippen molar-refractivity contribution in [3.8, 4) is 5.75 Å². The maximum atomic E-state index is 10.1. The third kappa shape index (κ3) is 3.77. The molecule has 0 fully saturated rings. The Labute approximate surface area is 134 Å². The number of anilines is 1. The molecule has 0 bridgehead atoms. The van der Waals surface area contributed by atoms with Crippen LogP contribution in [-0.4, -0.2) is 19.3 Å². The second-order valence-corrected chi connectivity index (χ2v) is 5.97. The first kappa shape index (κ1) is 15.9. The summed E-state index contributed by atoms with van der Waals surface area (Å²) in [5.74, 6) is 0.713. The molecule has 0 saturated carbocycles. The standard InChI is InChI=1S/C17H20BrNO2/c1-12(20)17-15(5-4-6-16(17)21-3)19(2)11-13-7-9-14(18)10-8-13/h4-10,12,20H,11H2,1-3H3/t12-/m0/s1. The maximum absolute atomic E-state index is 10.1. The van der Waals surface area contributed by atoms with Crippen molar-refractivity contribution in [2.24, 2.45) is 0 Å². The number of aliphatic hydroxyl groups excluding tert-OH is 1. The highest BCUT2D eigenvalue weighted by Crippen LogP contribution is 2.34. The first-order chi connectivity index (χ1) is 10.0. The minimum Gasteiger partial charge on any atom is -0.496 e. The van der Waals surface area contributed by atoms with Crippen LogP contribution in [0.3, 0.4) is 0 Å². The SMILES string of the molecule is COc1cccc(N(C)Cc2ccc(Br)cc2)c1[C@H](C)O. The first-order valence-corrected chi connectivity index (χ1v) is 7.62. The van der Waals surface area contributed by atoms with E-state index < -0.39 is 6.10 Å². The highest BCUT2D eigenvalue weighted by molar-refractivity contribution is 9.10. The van der Waals surface area contributed by atoms with Gasteiger partial charge in [-0.25, -0.2) is 0 Å². The topological polar surface area (TPSA) is 32.7 Å². The molecular formula is C17H20BrNO2. The van der Waals surface area contributed by atoms with Crippen LogP contribution in [0.4, 0.5) is 5.69 Å². The average Bonchev–Trinajstić information content (AvgIpc) is 2.48. The minimum atomic E-state index is -0.580. The predicted octanol–water partition coefficient (Wildman–Crippen LogP) is 4.15. The molecule has 0 aliphatic rings. The Hall–Kier alpha value is -1.52. The Kier molecular flexibility index (Phi) is 5.26. The highest BCUT2D eigenvalue weighted by atomic mass is 79.9. The van der Waals surface area contributed by atoms with Crippen molar-refractivity contribution < 1.29 is 9.84 Å². The number of benzene rings is 2. The number of methoxy groups -OCH3 is 1. The average molecular weight is 350 g/mol. The normalized spacial score (nSPS) is 12.0. The van der Waals surface area contributed by atoms with E-state index in [1.54, 1.807) is 14.0 Å². The van der Waals surface area contributed by atoms with E-state index in [-0.39, 0.29) is 0 Å². The summed E-state index contributed by atoms with van der Waals surface area (Å²) < 4.78 is 6.44. The van der Waals surface area contributed by atoms with Crippen molar-refractivity contribution >= 4 is 21.6 Å². The molecule has 1 N–H and O–H groups in total. The molecule has 0 radical (unpaired) electrons. The molecule has 2 rings (SSSR count). The van der Waals surface area contributed by atoms with Crippen molar-refractivity contribution in [3.63, 3.8) is 0 Å². The Morgan fingerprint density at radius 1 is 1.19 bits per heavy atom. The minimum absolute atomic E-state index is 0.580. The lowest BCUT2D eigenvalue weighted by atomic mass is 10.1. The number of halogens is 1. The molecule has 0 heterocycles. The lowest BCUT2D eigenvalue weighted by Gasteiger charge is -2.25. The summed E-state index contributed by atoms with van der Waals surface area (Å²) in [5.41, 5.74) is 3.01.